The van der Waals surface area contributed by atoms with E-state index < -0.39 is 10.0 Å². The average Bonchev–Trinajstić information content (AvgIpc) is 2.93. The Morgan fingerprint density at radius 1 is 1.38 bits per heavy atom. The zero-order chi connectivity index (χ0) is 15.3. The molecule has 5 nitrogen and oxygen atoms in total. The Morgan fingerprint density at radius 2 is 2.19 bits per heavy atom. The number of nitrogens with zero attached hydrogens (tertiary/aromatic N) is 1. The van der Waals surface area contributed by atoms with Gasteiger partial charge in [0, 0.05) is 19.1 Å². The van der Waals surface area contributed by atoms with Gasteiger partial charge in [-0.1, -0.05) is 19.1 Å². The minimum atomic E-state index is -3.42. The second-order valence-electron chi connectivity index (χ2n) is 5.45. The van der Waals surface area contributed by atoms with E-state index in [1.165, 1.54) is 0 Å². The van der Waals surface area contributed by atoms with Crippen molar-refractivity contribution in [2.75, 3.05) is 26.7 Å². The Labute approximate surface area is 127 Å². The molecule has 1 fully saturated rings. The largest absolute Gasteiger partial charge is 0.316 e. The Hall–Kier alpha value is -0.950. The van der Waals surface area contributed by atoms with Gasteiger partial charge in [0.05, 0.1) is 4.90 Å². The summed E-state index contributed by atoms with van der Waals surface area (Å²) in [5.74, 6) is 0. The lowest BCUT2D eigenvalue weighted by molar-refractivity contribution is 0.268. The lowest BCUT2D eigenvalue weighted by Crippen LogP contribution is -2.40. The van der Waals surface area contributed by atoms with Crippen molar-refractivity contribution in [3.05, 3.63) is 29.8 Å². The van der Waals surface area contributed by atoms with Gasteiger partial charge in [0.25, 0.3) is 0 Å². The number of hydrogen-bond donors (Lipinski definition) is 2. The van der Waals surface area contributed by atoms with Gasteiger partial charge in [-0.25, -0.2) is 13.1 Å². The summed E-state index contributed by atoms with van der Waals surface area (Å²) in [6.45, 7) is 5.32. The number of rotatable bonds is 7. The normalized spacial score (nSPS) is 20.0. The average molecular weight is 311 g/mol. The van der Waals surface area contributed by atoms with E-state index in [-0.39, 0.29) is 0 Å². The van der Waals surface area contributed by atoms with Crippen molar-refractivity contribution in [2.45, 2.75) is 37.2 Å². The molecule has 0 spiro atoms. The van der Waals surface area contributed by atoms with Crippen LogP contribution in [0.3, 0.4) is 0 Å². The fourth-order valence-corrected chi connectivity index (χ4v) is 4.00. The number of likely N-dealkylation sites (N-methyl/N-ethyl adjacent to an activating group) is 1. The number of hydrogen-bond acceptors (Lipinski definition) is 4. The van der Waals surface area contributed by atoms with Gasteiger partial charge >= 0.3 is 0 Å². The molecule has 1 atom stereocenters. The van der Waals surface area contributed by atoms with Crippen molar-refractivity contribution in [1.82, 2.24) is 14.9 Å². The molecule has 1 aliphatic rings. The molecular formula is C15H25N3O2S. The fraction of sp³-hybridized carbons (Fsp3) is 0.600. The smallest absolute Gasteiger partial charge is 0.240 e. The van der Waals surface area contributed by atoms with Crippen molar-refractivity contribution < 1.29 is 8.42 Å². The molecule has 0 bridgehead atoms. The second-order valence-corrected chi connectivity index (χ2v) is 7.22. The third-order valence-electron chi connectivity index (χ3n) is 4.00. The van der Waals surface area contributed by atoms with Crippen molar-refractivity contribution in [1.29, 1.82) is 0 Å². The maximum Gasteiger partial charge on any atom is 0.240 e. The molecule has 0 aromatic heterocycles. The van der Waals surface area contributed by atoms with Crippen LogP contribution in [0.15, 0.2) is 29.2 Å². The maximum absolute atomic E-state index is 12.4. The SMILES string of the molecule is CCN1CCCC1CNS(=O)(=O)c1cccc(CNC)c1. The summed E-state index contributed by atoms with van der Waals surface area (Å²) in [5, 5.41) is 3.03. The molecular weight excluding hydrogens is 286 g/mol. The Balaban J connectivity index is 2.02. The van der Waals surface area contributed by atoms with Crippen LogP contribution >= 0.6 is 0 Å². The van der Waals surface area contributed by atoms with E-state index in [2.05, 4.69) is 21.9 Å². The second kappa shape index (κ2) is 7.35. The number of likely N-dealkylation sites (tertiary alicyclic amines) is 1. The molecule has 1 aromatic rings. The first-order valence-electron chi connectivity index (χ1n) is 7.54. The minimum absolute atomic E-state index is 0.324. The molecule has 1 aromatic carbocycles. The van der Waals surface area contributed by atoms with Crippen molar-refractivity contribution >= 4 is 10.0 Å². The molecule has 0 aliphatic carbocycles. The summed E-state index contributed by atoms with van der Waals surface area (Å²) < 4.78 is 27.5. The highest BCUT2D eigenvalue weighted by atomic mass is 32.2. The zero-order valence-corrected chi connectivity index (χ0v) is 13.6. The van der Waals surface area contributed by atoms with Crippen LogP contribution in [0.5, 0.6) is 0 Å². The summed E-state index contributed by atoms with van der Waals surface area (Å²) in [7, 11) is -1.58. The number of nitrogens with one attached hydrogen (secondary N) is 2. The summed E-state index contributed by atoms with van der Waals surface area (Å²) in [4.78, 5) is 2.68. The standard InChI is InChI=1S/C15H25N3O2S/c1-3-18-9-5-7-14(18)12-17-21(19,20)15-8-4-6-13(10-15)11-16-2/h4,6,8,10,14,16-17H,3,5,7,9,11-12H2,1-2H3. The van der Waals surface area contributed by atoms with Gasteiger partial charge in [-0.05, 0) is 50.7 Å². The van der Waals surface area contributed by atoms with Crippen LogP contribution in [0.25, 0.3) is 0 Å². The van der Waals surface area contributed by atoms with Crippen LogP contribution in [0.2, 0.25) is 0 Å². The molecule has 1 heterocycles. The van der Waals surface area contributed by atoms with Gasteiger partial charge in [0.1, 0.15) is 0 Å². The van der Waals surface area contributed by atoms with E-state index in [9.17, 15) is 8.42 Å². The Bertz CT molecular complexity index is 560. The van der Waals surface area contributed by atoms with Crippen LogP contribution in [0.4, 0.5) is 0 Å². The molecule has 21 heavy (non-hydrogen) atoms. The van der Waals surface area contributed by atoms with Crippen molar-refractivity contribution in [3.63, 3.8) is 0 Å². The van der Waals surface area contributed by atoms with Gasteiger partial charge in [0.15, 0.2) is 0 Å². The molecule has 0 amide bonds. The molecule has 118 valence electrons. The highest BCUT2D eigenvalue weighted by Gasteiger charge is 2.25. The molecule has 2 N–H and O–H groups in total. The highest BCUT2D eigenvalue weighted by molar-refractivity contribution is 7.89. The molecule has 6 heteroatoms. The van der Waals surface area contributed by atoms with Crippen LogP contribution in [0.1, 0.15) is 25.3 Å². The van der Waals surface area contributed by atoms with E-state index >= 15 is 0 Å². The third-order valence-corrected chi connectivity index (χ3v) is 5.43. The van der Waals surface area contributed by atoms with Crippen LogP contribution in [0, 0.1) is 0 Å². The minimum Gasteiger partial charge on any atom is -0.316 e. The van der Waals surface area contributed by atoms with E-state index in [1.54, 1.807) is 18.2 Å². The molecule has 0 radical (unpaired) electrons. The summed E-state index contributed by atoms with van der Waals surface area (Å²) in [6.07, 6.45) is 2.22. The number of benzene rings is 1. The lowest BCUT2D eigenvalue weighted by atomic mass is 10.2. The van der Waals surface area contributed by atoms with Gasteiger partial charge in [-0.3, -0.25) is 4.90 Å². The molecule has 1 unspecified atom stereocenters. The first kappa shape index (κ1) is 16.4. The van der Waals surface area contributed by atoms with Gasteiger partial charge in [-0.2, -0.15) is 0 Å². The maximum atomic E-state index is 12.4. The lowest BCUT2D eigenvalue weighted by Gasteiger charge is -2.22. The van der Waals surface area contributed by atoms with Crippen molar-refractivity contribution in [2.24, 2.45) is 0 Å². The van der Waals surface area contributed by atoms with Gasteiger partial charge < -0.3 is 5.32 Å². The Kier molecular flexibility index (Phi) is 5.75. The van der Waals surface area contributed by atoms with Crippen LogP contribution in [-0.2, 0) is 16.6 Å². The summed E-state index contributed by atoms with van der Waals surface area (Å²) in [6, 6.07) is 7.41. The fourth-order valence-electron chi connectivity index (χ4n) is 2.86. The number of sulfonamides is 1. The van der Waals surface area contributed by atoms with Crippen LogP contribution in [-0.4, -0.2) is 46.0 Å². The zero-order valence-electron chi connectivity index (χ0n) is 12.8. The molecule has 2 rings (SSSR count). The van der Waals surface area contributed by atoms with E-state index in [4.69, 9.17) is 0 Å². The summed E-state index contributed by atoms with van der Waals surface area (Å²) in [5.41, 5.74) is 0.969. The summed E-state index contributed by atoms with van der Waals surface area (Å²) >= 11 is 0. The predicted octanol–water partition coefficient (Wildman–Crippen LogP) is 1.17. The topological polar surface area (TPSA) is 61.4 Å². The first-order chi connectivity index (χ1) is 10.1. The van der Waals surface area contributed by atoms with Gasteiger partial charge in [0.2, 0.25) is 10.0 Å². The first-order valence-corrected chi connectivity index (χ1v) is 9.02. The third kappa shape index (κ3) is 4.26. The van der Waals surface area contributed by atoms with E-state index in [0.29, 0.717) is 24.0 Å². The Morgan fingerprint density at radius 3 is 2.90 bits per heavy atom. The van der Waals surface area contributed by atoms with Crippen LogP contribution < -0.4 is 10.0 Å². The van der Waals surface area contributed by atoms with E-state index in [0.717, 1.165) is 31.5 Å². The molecule has 0 saturated carbocycles. The molecule has 1 aliphatic heterocycles. The predicted molar refractivity (Wildman–Crippen MR) is 84.7 cm³/mol. The monoisotopic (exact) mass is 311 g/mol. The quantitative estimate of drug-likeness (QED) is 0.793. The van der Waals surface area contributed by atoms with E-state index in [1.807, 2.05) is 13.1 Å². The highest BCUT2D eigenvalue weighted by Crippen LogP contribution is 2.17. The van der Waals surface area contributed by atoms with Gasteiger partial charge in [-0.15, -0.1) is 0 Å². The molecule has 1 saturated heterocycles. The van der Waals surface area contributed by atoms with Crippen molar-refractivity contribution in [3.8, 4) is 0 Å².